The van der Waals surface area contributed by atoms with E-state index in [1.807, 2.05) is 18.3 Å². The monoisotopic (exact) mass is 754 g/mol. The Morgan fingerprint density at radius 1 is 0.407 bits per heavy atom. The van der Waals surface area contributed by atoms with Crippen molar-refractivity contribution in [3.63, 3.8) is 0 Å². The second-order valence-corrected chi connectivity index (χ2v) is 16.4. The first-order valence-electron chi connectivity index (χ1n) is 20.2. The van der Waals surface area contributed by atoms with Gasteiger partial charge in [0.2, 0.25) is 0 Å². The Hall–Kier alpha value is -7.56. The van der Waals surface area contributed by atoms with Crippen molar-refractivity contribution in [2.45, 2.75) is 19.3 Å². The molecule has 4 nitrogen and oxygen atoms in total. The lowest BCUT2D eigenvalue weighted by molar-refractivity contribution is 0.660. The van der Waals surface area contributed by atoms with Crippen LogP contribution in [0.3, 0.4) is 0 Å². The molecular weight excluding hydrogens is 721 g/mol. The van der Waals surface area contributed by atoms with Crippen molar-refractivity contribution in [1.82, 2.24) is 9.97 Å². The molecule has 0 atom stereocenters. The first-order valence-corrected chi connectivity index (χ1v) is 20.2. The smallest absolute Gasteiger partial charge is 0.147 e. The molecule has 3 heterocycles. The highest BCUT2D eigenvalue weighted by molar-refractivity contribution is 6.26. The molecule has 0 fully saturated rings. The van der Waals surface area contributed by atoms with Gasteiger partial charge in [-0.1, -0.05) is 153 Å². The van der Waals surface area contributed by atoms with Crippen molar-refractivity contribution in [2.75, 3.05) is 0 Å². The quantitative estimate of drug-likeness (QED) is 0.169. The van der Waals surface area contributed by atoms with Crippen molar-refractivity contribution in [3.05, 3.63) is 181 Å². The van der Waals surface area contributed by atoms with E-state index in [1.54, 1.807) is 0 Å². The van der Waals surface area contributed by atoms with Gasteiger partial charge in [-0.15, -0.1) is 0 Å². The molecule has 59 heavy (non-hydrogen) atoms. The Morgan fingerprint density at radius 2 is 1.05 bits per heavy atom. The third-order valence-electron chi connectivity index (χ3n) is 12.9. The van der Waals surface area contributed by atoms with Gasteiger partial charge in [-0.3, -0.25) is 4.98 Å². The summed E-state index contributed by atoms with van der Waals surface area (Å²) >= 11 is 0. The summed E-state index contributed by atoms with van der Waals surface area (Å²) in [5.41, 5.74) is 16.4. The van der Waals surface area contributed by atoms with Gasteiger partial charge in [0.1, 0.15) is 22.3 Å². The van der Waals surface area contributed by atoms with Gasteiger partial charge in [0.05, 0.1) is 28.3 Å². The number of hydrogen-bond acceptors (Lipinski definition) is 4. The topological polar surface area (TPSA) is 52.1 Å². The Bertz CT molecular complexity index is 3740. The number of hydrogen-bond donors (Lipinski definition) is 0. The van der Waals surface area contributed by atoms with E-state index in [1.165, 1.54) is 33.0 Å². The Morgan fingerprint density at radius 3 is 1.90 bits per heavy atom. The van der Waals surface area contributed by atoms with Crippen LogP contribution < -0.4 is 0 Å². The van der Waals surface area contributed by atoms with Crippen molar-refractivity contribution in [3.8, 4) is 44.6 Å². The molecule has 4 heteroatoms. The summed E-state index contributed by atoms with van der Waals surface area (Å²) in [5, 5.41) is 8.71. The fourth-order valence-corrected chi connectivity index (χ4v) is 10.1. The molecule has 0 radical (unpaired) electrons. The second kappa shape index (κ2) is 11.7. The minimum Gasteiger partial charge on any atom is -0.455 e. The summed E-state index contributed by atoms with van der Waals surface area (Å²) in [6.45, 7) is 4.66. The van der Waals surface area contributed by atoms with E-state index in [0.717, 1.165) is 99.2 Å². The van der Waals surface area contributed by atoms with Crippen LogP contribution in [0.5, 0.6) is 0 Å². The molecule has 0 bridgehead atoms. The molecule has 276 valence electrons. The largest absolute Gasteiger partial charge is 0.455 e. The van der Waals surface area contributed by atoms with Crippen LogP contribution in [0.2, 0.25) is 0 Å². The molecule has 1 aliphatic carbocycles. The average molecular weight is 755 g/mol. The number of rotatable bonds is 3. The molecule has 1 aliphatic rings. The minimum absolute atomic E-state index is 0.102. The molecule has 0 unspecified atom stereocenters. The van der Waals surface area contributed by atoms with Gasteiger partial charge in [-0.2, -0.15) is 0 Å². The maximum atomic E-state index is 7.06. The fourth-order valence-electron chi connectivity index (χ4n) is 10.1. The number of para-hydroxylation sites is 2. The molecule has 13 rings (SSSR count). The van der Waals surface area contributed by atoms with E-state index in [-0.39, 0.29) is 5.41 Å². The van der Waals surface area contributed by atoms with Crippen LogP contribution in [-0.4, -0.2) is 9.97 Å². The molecular formula is C55H34N2O2. The van der Waals surface area contributed by atoms with Crippen molar-refractivity contribution >= 4 is 76.5 Å². The predicted octanol–water partition coefficient (Wildman–Crippen LogP) is 15.0. The van der Waals surface area contributed by atoms with Gasteiger partial charge < -0.3 is 8.83 Å². The molecule has 0 saturated carbocycles. The van der Waals surface area contributed by atoms with Crippen LogP contribution in [0.15, 0.2) is 179 Å². The first kappa shape index (κ1) is 32.5. The number of furan rings is 2. The zero-order valence-electron chi connectivity index (χ0n) is 32.4. The molecule has 0 amide bonds. The summed E-state index contributed by atoms with van der Waals surface area (Å²) in [5.74, 6) is 0. The maximum Gasteiger partial charge on any atom is 0.147 e. The lowest BCUT2D eigenvalue weighted by Gasteiger charge is -2.22. The molecule has 9 aromatic carbocycles. The Labute approximate surface area is 339 Å². The normalized spacial score (nSPS) is 13.4. The van der Waals surface area contributed by atoms with Gasteiger partial charge in [0.15, 0.2) is 0 Å². The Balaban J connectivity index is 1.01. The van der Waals surface area contributed by atoms with Crippen LogP contribution in [0.4, 0.5) is 0 Å². The molecule has 0 spiro atoms. The van der Waals surface area contributed by atoms with Crippen molar-refractivity contribution in [1.29, 1.82) is 0 Å². The third kappa shape index (κ3) is 4.49. The summed E-state index contributed by atoms with van der Waals surface area (Å²) in [4.78, 5) is 10.4. The summed E-state index contributed by atoms with van der Waals surface area (Å²) in [6, 6.07) is 58.3. The van der Waals surface area contributed by atoms with E-state index in [0.29, 0.717) is 0 Å². The minimum atomic E-state index is -0.102. The Kier molecular flexibility index (Phi) is 6.48. The third-order valence-corrected chi connectivity index (χ3v) is 12.9. The second-order valence-electron chi connectivity index (χ2n) is 16.4. The molecule has 0 saturated heterocycles. The summed E-state index contributed by atoms with van der Waals surface area (Å²) in [7, 11) is 0. The zero-order valence-corrected chi connectivity index (χ0v) is 32.4. The van der Waals surface area contributed by atoms with E-state index < -0.39 is 0 Å². The van der Waals surface area contributed by atoms with Gasteiger partial charge in [0, 0.05) is 49.0 Å². The fraction of sp³-hybridized carbons (Fsp3) is 0.0545. The summed E-state index contributed by atoms with van der Waals surface area (Å²) < 4.78 is 13.8. The zero-order chi connectivity index (χ0) is 39.0. The lowest BCUT2D eigenvalue weighted by Crippen LogP contribution is -2.14. The molecule has 12 aromatic rings. The molecule has 3 aromatic heterocycles. The maximum absolute atomic E-state index is 7.06. The highest BCUT2D eigenvalue weighted by Gasteiger charge is 2.35. The lowest BCUT2D eigenvalue weighted by atomic mass is 9.81. The van der Waals surface area contributed by atoms with Crippen molar-refractivity contribution < 1.29 is 8.83 Å². The van der Waals surface area contributed by atoms with Gasteiger partial charge in [-0.05, 0) is 68.4 Å². The standard InChI is InChI=1S/C55H34N2O2/c1-55(2)45-23-9-7-17-37(45)38-26-25-32(28-46(38)55)34-21-12-22-41-44-29-43(53-49(54(44)59-52(34)41)42-20-8-10-24-48(42)58-53)31-13-11-14-33(27-31)47-30-56-50-39-18-5-3-15-35(39)36-16-4-6-19-40(36)51(50)57-47/h3-30H,1-2H3. The van der Waals surface area contributed by atoms with Crippen LogP contribution in [0.25, 0.3) is 121 Å². The van der Waals surface area contributed by atoms with Crippen LogP contribution in [-0.2, 0) is 5.41 Å². The van der Waals surface area contributed by atoms with Gasteiger partial charge in [-0.25, -0.2) is 4.98 Å². The first-order chi connectivity index (χ1) is 29.0. The van der Waals surface area contributed by atoms with Crippen LogP contribution in [0.1, 0.15) is 25.0 Å². The van der Waals surface area contributed by atoms with E-state index in [9.17, 15) is 0 Å². The number of fused-ring (bicyclic) bond motifs is 16. The van der Waals surface area contributed by atoms with Gasteiger partial charge in [0.25, 0.3) is 0 Å². The highest BCUT2D eigenvalue weighted by Crippen LogP contribution is 2.51. The number of nitrogens with zero attached hydrogens (tertiary/aromatic N) is 2. The average Bonchev–Trinajstić information content (AvgIpc) is 3.94. The predicted molar refractivity (Wildman–Crippen MR) is 243 cm³/mol. The van der Waals surface area contributed by atoms with Crippen LogP contribution >= 0.6 is 0 Å². The van der Waals surface area contributed by atoms with E-state index in [2.05, 4.69) is 166 Å². The highest BCUT2D eigenvalue weighted by atomic mass is 16.3. The molecule has 0 aliphatic heterocycles. The molecule has 0 N–H and O–H groups in total. The number of benzene rings is 9. The van der Waals surface area contributed by atoms with E-state index >= 15 is 0 Å². The van der Waals surface area contributed by atoms with E-state index in [4.69, 9.17) is 18.8 Å². The van der Waals surface area contributed by atoms with Crippen molar-refractivity contribution in [2.24, 2.45) is 0 Å². The van der Waals surface area contributed by atoms with Gasteiger partial charge >= 0.3 is 0 Å². The summed E-state index contributed by atoms with van der Waals surface area (Å²) in [6.07, 6.45) is 1.91. The van der Waals surface area contributed by atoms with Crippen LogP contribution in [0, 0.1) is 0 Å². The SMILES string of the molecule is CC1(C)c2ccccc2-c2ccc(-c3cccc4c3oc3c4cc(-c4cccc(-c5cnc6c7ccccc7c7ccccc7c6n5)c4)c4oc5ccccc5c43)cc21. The number of aromatic nitrogens is 2.